The van der Waals surface area contributed by atoms with Crippen LogP contribution < -0.4 is 0 Å². The second kappa shape index (κ2) is 4.35. The molecule has 1 N–H and O–H groups in total. The van der Waals surface area contributed by atoms with Crippen molar-refractivity contribution in [3.63, 3.8) is 0 Å². The average molecular weight is 260 g/mol. The molecule has 4 rings (SSSR count). The van der Waals surface area contributed by atoms with E-state index in [0.717, 1.165) is 36.5 Å². The molecular formula is C18H28O. The third kappa shape index (κ3) is 1.77. The zero-order valence-corrected chi connectivity index (χ0v) is 12.3. The van der Waals surface area contributed by atoms with E-state index in [9.17, 15) is 5.11 Å². The van der Waals surface area contributed by atoms with E-state index >= 15 is 0 Å². The van der Waals surface area contributed by atoms with Gasteiger partial charge in [0.05, 0.1) is 6.10 Å². The maximum Gasteiger partial charge on any atom is 0.0577 e. The van der Waals surface area contributed by atoms with Crippen molar-refractivity contribution in [2.24, 2.45) is 29.1 Å². The van der Waals surface area contributed by atoms with E-state index < -0.39 is 0 Å². The Hall–Kier alpha value is -0.300. The normalized spacial score (nSPS) is 52.9. The summed E-state index contributed by atoms with van der Waals surface area (Å²) in [5, 5.41) is 9.97. The van der Waals surface area contributed by atoms with Crippen LogP contribution in [0.15, 0.2) is 11.6 Å². The van der Waals surface area contributed by atoms with Crippen LogP contribution in [0.4, 0.5) is 0 Å². The quantitative estimate of drug-likeness (QED) is 0.643. The summed E-state index contributed by atoms with van der Waals surface area (Å²) < 4.78 is 0. The van der Waals surface area contributed by atoms with Crippen molar-refractivity contribution < 1.29 is 5.11 Å². The molecule has 19 heavy (non-hydrogen) atoms. The first-order valence-electron chi connectivity index (χ1n) is 8.56. The van der Waals surface area contributed by atoms with E-state index in [0.29, 0.717) is 5.41 Å². The minimum Gasteiger partial charge on any atom is -0.393 e. The van der Waals surface area contributed by atoms with Gasteiger partial charge < -0.3 is 5.11 Å². The third-order valence-electron chi connectivity index (χ3n) is 7.27. The third-order valence-corrected chi connectivity index (χ3v) is 7.27. The summed E-state index contributed by atoms with van der Waals surface area (Å²) in [6, 6.07) is 0. The number of rotatable bonds is 0. The highest BCUT2D eigenvalue weighted by Crippen LogP contribution is 2.61. The molecule has 6 atom stereocenters. The molecule has 0 spiro atoms. The van der Waals surface area contributed by atoms with Gasteiger partial charge in [0, 0.05) is 0 Å². The topological polar surface area (TPSA) is 20.2 Å². The van der Waals surface area contributed by atoms with Crippen molar-refractivity contribution >= 4 is 0 Å². The number of allylic oxidation sites excluding steroid dienone is 1. The van der Waals surface area contributed by atoms with Gasteiger partial charge in [-0.05, 0) is 74.0 Å². The molecule has 4 aliphatic carbocycles. The molecule has 0 radical (unpaired) electrons. The van der Waals surface area contributed by atoms with Gasteiger partial charge in [-0.15, -0.1) is 0 Å². The van der Waals surface area contributed by atoms with E-state index in [-0.39, 0.29) is 6.10 Å². The lowest BCUT2D eigenvalue weighted by Crippen LogP contribution is -2.47. The van der Waals surface area contributed by atoms with Gasteiger partial charge in [-0.3, -0.25) is 0 Å². The largest absolute Gasteiger partial charge is 0.393 e. The summed E-state index contributed by atoms with van der Waals surface area (Å²) in [6.07, 6.45) is 14.5. The lowest BCUT2D eigenvalue weighted by molar-refractivity contribution is -0.00534. The maximum atomic E-state index is 9.97. The Morgan fingerprint density at radius 3 is 2.89 bits per heavy atom. The molecule has 0 aliphatic heterocycles. The molecule has 3 fully saturated rings. The van der Waals surface area contributed by atoms with E-state index in [4.69, 9.17) is 0 Å². The standard InChI is InChI=1S/C18H28O/c1-18-10-9-14(19)11-13(18)6-7-16-15-4-2-3-12(15)5-8-17(16)18/h6,12,14-17,19H,2-5,7-11H2,1H3. The van der Waals surface area contributed by atoms with Gasteiger partial charge >= 0.3 is 0 Å². The first kappa shape index (κ1) is 12.4. The zero-order chi connectivity index (χ0) is 13.0. The van der Waals surface area contributed by atoms with Gasteiger partial charge in [0.1, 0.15) is 0 Å². The lowest BCUT2D eigenvalue weighted by Gasteiger charge is -2.55. The van der Waals surface area contributed by atoms with Crippen LogP contribution >= 0.6 is 0 Å². The van der Waals surface area contributed by atoms with Crippen LogP contribution in [0, 0.1) is 29.1 Å². The molecule has 106 valence electrons. The number of fused-ring (bicyclic) bond motifs is 5. The van der Waals surface area contributed by atoms with E-state index in [1.165, 1.54) is 44.9 Å². The second-order valence-corrected chi connectivity index (χ2v) is 7.98. The molecule has 0 amide bonds. The van der Waals surface area contributed by atoms with E-state index in [2.05, 4.69) is 13.0 Å². The second-order valence-electron chi connectivity index (χ2n) is 7.98. The van der Waals surface area contributed by atoms with Gasteiger partial charge in [0.25, 0.3) is 0 Å². The SMILES string of the molecule is CC12CCC(O)CC1=CCC1C3CCCC3CCC12. The van der Waals surface area contributed by atoms with Gasteiger partial charge in [-0.25, -0.2) is 0 Å². The molecule has 1 nitrogen and oxygen atoms in total. The van der Waals surface area contributed by atoms with E-state index in [1.807, 2.05) is 0 Å². The fraction of sp³-hybridized carbons (Fsp3) is 0.889. The molecule has 0 aromatic carbocycles. The molecular weight excluding hydrogens is 232 g/mol. The highest BCUT2D eigenvalue weighted by atomic mass is 16.3. The summed E-state index contributed by atoms with van der Waals surface area (Å²) in [6.45, 7) is 2.52. The molecule has 0 aromatic heterocycles. The summed E-state index contributed by atoms with van der Waals surface area (Å²) >= 11 is 0. The highest BCUT2D eigenvalue weighted by molar-refractivity contribution is 5.24. The lowest BCUT2D eigenvalue weighted by atomic mass is 9.50. The summed E-state index contributed by atoms with van der Waals surface area (Å²) in [7, 11) is 0. The first-order valence-corrected chi connectivity index (χ1v) is 8.56. The van der Waals surface area contributed by atoms with Crippen LogP contribution in [0.3, 0.4) is 0 Å². The van der Waals surface area contributed by atoms with Gasteiger partial charge in [0.15, 0.2) is 0 Å². The predicted molar refractivity (Wildman–Crippen MR) is 77.7 cm³/mol. The van der Waals surface area contributed by atoms with Crippen LogP contribution in [0.5, 0.6) is 0 Å². The number of aliphatic hydroxyl groups excluding tert-OH is 1. The van der Waals surface area contributed by atoms with Gasteiger partial charge in [-0.1, -0.05) is 31.4 Å². The van der Waals surface area contributed by atoms with Crippen molar-refractivity contribution in [1.82, 2.24) is 0 Å². The van der Waals surface area contributed by atoms with Crippen molar-refractivity contribution in [2.45, 2.75) is 70.8 Å². The number of aliphatic hydroxyl groups is 1. The number of hydrogen-bond acceptors (Lipinski definition) is 1. The highest BCUT2D eigenvalue weighted by Gasteiger charge is 2.52. The average Bonchev–Trinajstić information content (AvgIpc) is 2.88. The van der Waals surface area contributed by atoms with Crippen molar-refractivity contribution in [1.29, 1.82) is 0 Å². The first-order chi connectivity index (χ1) is 9.18. The predicted octanol–water partition coefficient (Wildman–Crippen LogP) is 4.31. The van der Waals surface area contributed by atoms with Gasteiger partial charge in [0.2, 0.25) is 0 Å². The Labute approximate surface area is 117 Å². The minimum atomic E-state index is -0.0568. The van der Waals surface area contributed by atoms with Crippen LogP contribution in [0.2, 0.25) is 0 Å². The monoisotopic (exact) mass is 260 g/mol. The molecule has 6 unspecified atom stereocenters. The maximum absolute atomic E-state index is 9.97. The van der Waals surface area contributed by atoms with Crippen LogP contribution in [0.25, 0.3) is 0 Å². The smallest absolute Gasteiger partial charge is 0.0577 e. The fourth-order valence-electron chi connectivity index (χ4n) is 6.26. The molecule has 1 heteroatoms. The molecule has 0 heterocycles. The minimum absolute atomic E-state index is 0.0568. The van der Waals surface area contributed by atoms with Crippen molar-refractivity contribution in [2.75, 3.05) is 0 Å². The Kier molecular flexibility index (Phi) is 2.85. The summed E-state index contributed by atoms with van der Waals surface area (Å²) in [4.78, 5) is 0. The van der Waals surface area contributed by atoms with Crippen LogP contribution in [0.1, 0.15) is 64.7 Å². The molecule has 0 saturated heterocycles. The van der Waals surface area contributed by atoms with Crippen molar-refractivity contribution in [3.8, 4) is 0 Å². The molecule has 0 aromatic rings. The van der Waals surface area contributed by atoms with Gasteiger partial charge in [-0.2, -0.15) is 0 Å². The molecule has 0 bridgehead atoms. The fourth-order valence-corrected chi connectivity index (χ4v) is 6.26. The Morgan fingerprint density at radius 2 is 2.00 bits per heavy atom. The van der Waals surface area contributed by atoms with Crippen molar-refractivity contribution in [3.05, 3.63) is 11.6 Å². The van der Waals surface area contributed by atoms with Crippen LogP contribution in [-0.2, 0) is 0 Å². The van der Waals surface area contributed by atoms with E-state index in [1.54, 1.807) is 5.57 Å². The summed E-state index contributed by atoms with van der Waals surface area (Å²) in [5.41, 5.74) is 2.05. The summed E-state index contributed by atoms with van der Waals surface area (Å²) in [5.74, 6) is 4.01. The zero-order valence-electron chi connectivity index (χ0n) is 12.3. The Morgan fingerprint density at radius 1 is 1.11 bits per heavy atom. The molecule has 3 saturated carbocycles. The molecule has 4 aliphatic rings. The Bertz CT molecular complexity index is 398. The number of hydrogen-bond donors (Lipinski definition) is 1. The Balaban J connectivity index is 1.66. The van der Waals surface area contributed by atoms with Crippen LogP contribution in [-0.4, -0.2) is 11.2 Å².